The first-order chi connectivity index (χ1) is 14.6. The molecule has 3 aliphatic rings. The van der Waals surface area contributed by atoms with E-state index in [2.05, 4.69) is 10.2 Å². The molecule has 164 valence electrons. The number of carbonyl (C=O) groups excluding carboxylic acids is 2. The van der Waals surface area contributed by atoms with Crippen molar-refractivity contribution in [2.75, 3.05) is 25.5 Å². The van der Waals surface area contributed by atoms with E-state index in [-0.39, 0.29) is 17.9 Å². The average molecular weight is 414 g/mol. The maximum absolute atomic E-state index is 13.2. The summed E-state index contributed by atoms with van der Waals surface area (Å²) in [7, 11) is 1.87. The van der Waals surface area contributed by atoms with Gasteiger partial charge in [0.15, 0.2) is 5.82 Å². The van der Waals surface area contributed by atoms with Crippen molar-refractivity contribution in [2.45, 2.75) is 83.7 Å². The number of hydrogen-bond acceptors (Lipinski definition) is 5. The monoisotopic (exact) mass is 413 g/mol. The molecule has 1 unspecified atom stereocenters. The van der Waals surface area contributed by atoms with Crippen LogP contribution in [0.15, 0.2) is 0 Å². The molecule has 0 aromatic carbocycles. The summed E-state index contributed by atoms with van der Waals surface area (Å²) in [4.78, 5) is 38.7. The molecule has 1 aliphatic carbocycles. The number of nitrogens with zero attached hydrogens (tertiary/aromatic N) is 4. The average Bonchev–Trinajstić information content (AvgIpc) is 2.78. The van der Waals surface area contributed by atoms with Crippen LogP contribution in [0.1, 0.15) is 87.8 Å². The Balaban J connectivity index is 1.56. The Bertz CT molecular complexity index is 773. The van der Waals surface area contributed by atoms with Crippen LogP contribution < -0.4 is 5.32 Å². The summed E-state index contributed by atoms with van der Waals surface area (Å²) in [5.74, 6) is 2.47. The molecule has 30 heavy (non-hydrogen) atoms. The molecule has 1 aromatic heterocycles. The summed E-state index contributed by atoms with van der Waals surface area (Å²) >= 11 is 0. The van der Waals surface area contributed by atoms with E-state index in [4.69, 9.17) is 9.97 Å². The second-order valence-electron chi connectivity index (χ2n) is 9.10. The van der Waals surface area contributed by atoms with E-state index in [9.17, 15) is 9.59 Å². The molecule has 2 amide bonds. The molecule has 1 aromatic rings. The lowest BCUT2D eigenvalue weighted by atomic mass is 9.86. The van der Waals surface area contributed by atoms with Crippen molar-refractivity contribution in [1.29, 1.82) is 0 Å². The zero-order valence-electron chi connectivity index (χ0n) is 18.5. The van der Waals surface area contributed by atoms with Gasteiger partial charge in [-0.15, -0.1) is 0 Å². The minimum Gasteiger partial charge on any atom is -0.373 e. The Kier molecular flexibility index (Phi) is 6.54. The SMILES string of the molecule is CNc1nc(C2CCCCN2C(=O)CC2CCCCC2)nc2c1CN(C(C)=O)CC2. The van der Waals surface area contributed by atoms with Gasteiger partial charge in [-0.2, -0.15) is 0 Å². The zero-order valence-corrected chi connectivity index (χ0v) is 18.5. The third kappa shape index (κ3) is 4.44. The normalized spacial score (nSPS) is 22.5. The van der Waals surface area contributed by atoms with E-state index in [0.717, 1.165) is 55.1 Å². The molecule has 1 N–H and O–H groups in total. The summed E-state index contributed by atoms with van der Waals surface area (Å²) in [6.45, 7) is 3.66. The number of rotatable bonds is 4. The second-order valence-corrected chi connectivity index (χ2v) is 9.10. The number of aromatic nitrogens is 2. The lowest BCUT2D eigenvalue weighted by Gasteiger charge is -2.37. The van der Waals surface area contributed by atoms with Crippen LogP contribution in [-0.2, 0) is 22.6 Å². The van der Waals surface area contributed by atoms with Gasteiger partial charge in [-0.3, -0.25) is 9.59 Å². The standard InChI is InChI=1S/C23H35N5O2/c1-16(29)27-13-11-19-18(15-27)22(24-2)26-23(25-19)20-10-6-7-12-28(20)21(30)14-17-8-4-3-5-9-17/h17,20H,3-15H2,1-2H3,(H,24,25,26). The number of amides is 2. The van der Waals surface area contributed by atoms with Crippen LogP contribution in [0.5, 0.6) is 0 Å². The molecule has 0 bridgehead atoms. The second kappa shape index (κ2) is 9.31. The molecular formula is C23H35N5O2. The van der Waals surface area contributed by atoms with Crippen molar-refractivity contribution >= 4 is 17.6 Å². The van der Waals surface area contributed by atoms with Crippen molar-refractivity contribution in [3.8, 4) is 0 Å². The van der Waals surface area contributed by atoms with Gasteiger partial charge >= 0.3 is 0 Å². The molecule has 2 fully saturated rings. The number of nitrogens with one attached hydrogen (secondary N) is 1. The predicted octanol–water partition coefficient (Wildman–Crippen LogP) is 3.45. The summed E-state index contributed by atoms with van der Waals surface area (Å²) in [6.07, 6.45) is 10.7. The molecule has 3 heterocycles. The fourth-order valence-corrected chi connectivity index (χ4v) is 5.31. The van der Waals surface area contributed by atoms with Crippen LogP contribution in [0.4, 0.5) is 5.82 Å². The van der Waals surface area contributed by atoms with Gasteiger partial charge < -0.3 is 15.1 Å². The highest BCUT2D eigenvalue weighted by molar-refractivity contribution is 5.77. The van der Waals surface area contributed by atoms with E-state index >= 15 is 0 Å². The lowest BCUT2D eigenvalue weighted by molar-refractivity contribution is -0.136. The van der Waals surface area contributed by atoms with Gasteiger partial charge in [0.25, 0.3) is 0 Å². The molecular weight excluding hydrogens is 378 g/mol. The number of fused-ring (bicyclic) bond motifs is 1. The van der Waals surface area contributed by atoms with Gasteiger partial charge in [0.2, 0.25) is 11.8 Å². The molecule has 1 saturated heterocycles. The summed E-state index contributed by atoms with van der Waals surface area (Å²) in [5, 5.41) is 3.21. The highest BCUT2D eigenvalue weighted by Crippen LogP contribution is 2.34. The van der Waals surface area contributed by atoms with Crippen LogP contribution >= 0.6 is 0 Å². The fraction of sp³-hybridized carbons (Fsp3) is 0.739. The van der Waals surface area contributed by atoms with Gasteiger partial charge in [0.05, 0.1) is 18.3 Å². The Hall–Kier alpha value is -2.18. The topological polar surface area (TPSA) is 78.4 Å². The van der Waals surface area contributed by atoms with Crippen LogP contribution in [-0.4, -0.2) is 51.7 Å². The van der Waals surface area contributed by atoms with Crippen molar-refractivity contribution in [3.05, 3.63) is 17.1 Å². The van der Waals surface area contributed by atoms with Gasteiger partial charge in [-0.1, -0.05) is 19.3 Å². The summed E-state index contributed by atoms with van der Waals surface area (Å²) in [6, 6.07) is -0.0296. The van der Waals surface area contributed by atoms with Crippen LogP contribution in [0, 0.1) is 5.92 Å². The van der Waals surface area contributed by atoms with E-state index in [1.807, 2.05) is 11.9 Å². The van der Waals surface area contributed by atoms with Crippen molar-refractivity contribution in [2.24, 2.45) is 5.92 Å². The van der Waals surface area contributed by atoms with Crippen LogP contribution in [0.2, 0.25) is 0 Å². The minimum atomic E-state index is -0.0296. The first-order valence-corrected chi connectivity index (χ1v) is 11.7. The molecule has 2 aliphatic heterocycles. The number of hydrogen-bond donors (Lipinski definition) is 1. The molecule has 0 radical (unpaired) electrons. The molecule has 7 nitrogen and oxygen atoms in total. The first kappa shape index (κ1) is 21.1. The van der Waals surface area contributed by atoms with E-state index in [0.29, 0.717) is 25.4 Å². The van der Waals surface area contributed by atoms with Crippen LogP contribution in [0.3, 0.4) is 0 Å². The summed E-state index contributed by atoms with van der Waals surface area (Å²) in [5.41, 5.74) is 2.03. The smallest absolute Gasteiger partial charge is 0.223 e. The highest BCUT2D eigenvalue weighted by atomic mass is 16.2. The molecule has 7 heteroatoms. The zero-order chi connectivity index (χ0) is 21.1. The van der Waals surface area contributed by atoms with Gasteiger partial charge in [0.1, 0.15) is 5.82 Å². The predicted molar refractivity (Wildman–Crippen MR) is 116 cm³/mol. The van der Waals surface area contributed by atoms with Gasteiger partial charge in [-0.05, 0) is 38.0 Å². The Morgan fingerprint density at radius 2 is 1.80 bits per heavy atom. The maximum atomic E-state index is 13.2. The maximum Gasteiger partial charge on any atom is 0.223 e. The van der Waals surface area contributed by atoms with Gasteiger partial charge in [-0.25, -0.2) is 9.97 Å². The van der Waals surface area contributed by atoms with Crippen molar-refractivity contribution in [1.82, 2.24) is 19.8 Å². The highest BCUT2D eigenvalue weighted by Gasteiger charge is 2.33. The minimum absolute atomic E-state index is 0.0296. The van der Waals surface area contributed by atoms with E-state index < -0.39 is 0 Å². The molecule has 1 saturated carbocycles. The molecule has 4 rings (SSSR count). The number of piperidine rings is 1. The molecule has 1 atom stereocenters. The first-order valence-electron chi connectivity index (χ1n) is 11.7. The number of carbonyl (C=O) groups is 2. The Labute approximate surface area is 179 Å². The van der Waals surface area contributed by atoms with Crippen molar-refractivity contribution < 1.29 is 9.59 Å². The fourth-order valence-electron chi connectivity index (χ4n) is 5.31. The van der Waals surface area contributed by atoms with Crippen LogP contribution in [0.25, 0.3) is 0 Å². The quantitative estimate of drug-likeness (QED) is 0.818. The Morgan fingerprint density at radius 3 is 2.53 bits per heavy atom. The third-order valence-corrected chi connectivity index (χ3v) is 7.07. The van der Waals surface area contributed by atoms with Crippen molar-refractivity contribution in [3.63, 3.8) is 0 Å². The lowest BCUT2D eigenvalue weighted by Crippen LogP contribution is -2.41. The molecule has 0 spiro atoms. The largest absolute Gasteiger partial charge is 0.373 e. The summed E-state index contributed by atoms with van der Waals surface area (Å²) < 4.78 is 0. The number of likely N-dealkylation sites (tertiary alicyclic amines) is 1. The van der Waals surface area contributed by atoms with Gasteiger partial charge in [0, 0.05) is 45.5 Å². The third-order valence-electron chi connectivity index (χ3n) is 7.07. The van der Waals surface area contributed by atoms with E-state index in [1.165, 1.54) is 32.1 Å². The Morgan fingerprint density at radius 1 is 1.03 bits per heavy atom. The van der Waals surface area contributed by atoms with E-state index in [1.54, 1.807) is 6.92 Å². The number of anilines is 1.